The maximum atomic E-state index is 6.44. The lowest BCUT2D eigenvalue weighted by molar-refractivity contribution is 0.669. The molecule has 6 nitrogen and oxygen atoms in total. The van der Waals surface area contributed by atoms with Crippen LogP contribution in [0.15, 0.2) is 192 Å². The van der Waals surface area contributed by atoms with Crippen molar-refractivity contribution in [2.45, 2.75) is 0 Å². The number of fused-ring (bicyclic) bond motifs is 7. The van der Waals surface area contributed by atoms with Crippen molar-refractivity contribution in [2.75, 3.05) is 0 Å². The van der Waals surface area contributed by atoms with Crippen LogP contribution in [-0.4, -0.2) is 24.5 Å². The van der Waals surface area contributed by atoms with E-state index < -0.39 is 0 Å². The molecule has 0 spiro atoms. The van der Waals surface area contributed by atoms with Gasteiger partial charge in [0.2, 0.25) is 0 Å². The highest BCUT2D eigenvalue weighted by atomic mass is 32.1. The van der Waals surface area contributed by atoms with Gasteiger partial charge in [-0.05, 0) is 71.8 Å². The number of hydrogen-bond acceptors (Lipinski definition) is 6. The highest BCUT2D eigenvalue weighted by Crippen LogP contribution is 2.43. The van der Waals surface area contributed by atoms with E-state index in [1.807, 2.05) is 84.1 Å². The van der Waals surface area contributed by atoms with Gasteiger partial charge in [-0.25, -0.2) is 19.9 Å². The predicted octanol–water partition coefficient (Wildman–Crippen LogP) is 13.8. The number of imidazole rings is 1. The van der Waals surface area contributed by atoms with Gasteiger partial charge in [-0.15, -0.1) is 11.3 Å². The second-order valence-corrected chi connectivity index (χ2v) is 15.7. The van der Waals surface area contributed by atoms with Crippen LogP contribution >= 0.6 is 11.3 Å². The summed E-state index contributed by atoms with van der Waals surface area (Å²) in [6, 6.07) is 65.0. The van der Waals surface area contributed by atoms with Crippen molar-refractivity contribution in [1.82, 2.24) is 24.5 Å². The van der Waals surface area contributed by atoms with Crippen LogP contribution in [0.3, 0.4) is 0 Å². The molecule has 276 valence electrons. The summed E-state index contributed by atoms with van der Waals surface area (Å²) in [6.07, 6.45) is 0. The van der Waals surface area contributed by atoms with Crippen molar-refractivity contribution < 1.29 is 4.42 Å². The first-order chi connectivity index (χ1) is 29.2. The van der Waals surface area contributed by atoms with Crippen LogP contribution in [0.25, 0.3) is 116 Å². The minimum Gasteiger partial charge on any atom is -0.455 e. The number of rotatable bonds is 6. The quantitative estimate of drug-likeness (QED) is 0.168. The molecule has 0 amide bonds. The van der Waals surface area contributed by atoms with E-state index >= 15 is 0 Å². The summed E-state index contributed by atoms with van der Waals surface area (Å²) in [5.41, 5.74) is 10.7. The first-order valence-corrected chi connectivity index (χ1v) is 20.4. The minimum atomic E-state index is 0.562. The third-order valence-electron chi connectivity index (χ3n) is 11.1. The molecule has 12 aromatic rings. The summed E-state index contributed by atoms with van der Waals surface area (Å²) >= 11 is 1.82. The third-order valence-corrected chi connectivity index (χ3v) is 12.3. The maximum Gasteiger partial charge on any atom is 0.167 e. The van der Waals surface area contributed by atoms with E-state index in [9.17, 15) is 0 Å². The largest absolute Gasteiger partial charge is 0.455 e. The molecular weight excluding hydrogens is 743 g/mol. The smallest absolute Gasteiger partial charge is 0.167 e. The van der Waals surface area contributed by atoms with Crippen LogP contribution in [-0.2, 0) is 0 Å². The Hall–Kier alpha value is -7.74. The second-order valence-electron chi connectivity index (χ2n) is 14.6. The summed E-state index contributed by atoms with van der Waals surface area (Å²) in [5.74, 6) is 2.68. The van der Waals surface area contributed by atoms with Crippen molar-refractivity contribution in [1.29, 1.82) is 0 Å². The number of thiophene rings is 1. The van der Waals surface area contributed by atoms with Gasteiger partial charge >= 0.3 is 0 Å². The minimum absolute atomic E-state index is 0.562. The van der Waals surface area contributed by atoms with E-state index in [0.29, 0.717) is 17.5 Å². The zero-order valence-corrected chi connectivity index (χ0v) is 32.3. The number of furan rings is 1. The summed E-state index contributed by atoms with van der Waals surface area (Å²) in [6.45, 7) is 0. The fourth-order valence-corrected chi connectivity index (χ4v) is 9.53. The van der Waals surface area contributed by atoms with Gasteiger partial charge in [0.15, 0.2) is 17.5 Å². The Bertz CT molecular complexity index is 3570. The molecule has 0 unspecified atom stereocenters. The predicted molar refractivity (Wildman–Crippen MR) is 242 cm³/mol. The molecule has 4 heterocycles. The van der Waals surface area contributed by atoms with E-state index in [2.05, 4.69) is 120 Å². The van der Waals surface area contributed by atoms with Gasteiger partial charge in [0.05, 0.1) is 16.6 Å². The third kappa shape index (κ3) is 5.55. The van der Waals surface area contributed by atoms with Gasteiger partial charge in [0, 0.05) is 53.3 Å². The fourth-order valence-electron chi connectivity index (χ4n) is 8.31. The van der Waals surface area contributed by atoms with Gasteiger partial charge in [0.25, 0.3) is 0 Å². The molecule has 0 bridgehead atoms. The first kappa shape index (κ1) is 33.4. The monoisotopic (exact) mass is 773 g/mol. The second kappa shape index (κ2) is 13.4. The molecule has 0 aliphatic heterocycles. The van der Waals surface area contributed by atoms with E-state index in [4.69, 9.17) is 24.4 Å². The van der Waals surface area contributed by atoms with Crippen LogP contribution in [0.2, 0.25) is 0 Å². The lowest BCUT2D eigenvalue weighted by Crippen LogP contribution is -2.00. The van der Waals surface area contributed by atoms with Gasteiger partial charge in [-0.1, -0.05) is 127 Å². The maximum absolute atomic E-state index is 6.44. The fraction of sp³-hybridized carbons (Fsp3) is 0. The highest BCUT2D eigenvalue weighted by molar-refractivity contribution is 7.26. The molecule has 59 heavy (non-hydrogen) atoms. The van der Waals surface area contributed by atoms with Crippen LogP contribution in [0.5, 0.6) is 0 Å². The van der Waals surface area contributed by atoms with E-state index in [1.165, 1.54) is 20.2 Å². The molecule has 0 aliphatic rings. The number of benzene rings is 8. The Kier molecular flexibility index (Phi) is 7.61. The molecule has 4 aromatic heterocycles. The molecule has 0 saturated heterocycles. The lowest BCUT2D eigenvalue weighted by atomic mass is 10.00. The SMILES string of the molecule is c1ccc(-c2nc(-c3cccc(-c4cccc5c4sc4ccc(-c6nc7ccccc7n6-c6ccccc6)cc45)c3)nc(-c3cccc4c3oc3ccccc34)n2)cc1. The van der Waals surface area contributed by atoms with Crippen molar-refractivity contribution in [3.8, 4) is 62.4 Å². The van der Waals surface area contributed by atoms with Crippen LogP contribution in [0, 0.1) is 0 Å². The summed E-state index contributed by atoms with van der Waals surface area (Å²) in [5, 5.41) is 4.52. The first-order valence-electron chi connectivity index (χ1n) is 19.5. The Morgan fingerprint density at radius 3 is 1.97 bits per heavy atom. The van der Waals surface area contributed by atoms with E-state index in [0.717, 1.165) is 77.9 Å². The molecule has 8 aromatic carbocycles. The zero-order chi connectivity index (χ0) is 38.9. The standard InChI is InChI=1S/C52H31N5OS/c1-3-14-32(15-4-1)49-54-50(56-51(55-49)41-24-13-22-39-38-20-7-10-27-45(38)58-47(39)41)34-17-11-16-33(30-34)37-21-12-23-40-42-31-35(28-29-46(42)59-48(37)40)52-53-43-25-8-9-26-44(43)57(52)36-18-5-2-6-19-36/h1-31H. The Labute approximate surface area is 342 Å². The molecule has 12 rings (SSSR count). The molecule has 0 N–H and O–H groups in total. The normalized spacial score (nSPS) is 11.7. The van der Waals surface area contributed by atoms with E-state index in [1.54, 1.807) is 0 Å². The average molecular weight is 774 g/mol. The van der Waals surface area contributed by atoms with Crippen LogP contribution in [0.1, 0.15) is 0 Å². The van der Waals surface area contributed by atoms with Crippen LogP contribution < -0.4 is 0 Å². The highest BCUT2D eigenvalue weighted by Gasteiger charge is 2.20. The molecule has 0 saturated carbocycles. The van der Waals surface area contributed by atoms with Crippen LogP contribution in [0.4, 0.5) is 0 Å². The van der Waals surface area contributed by atoms with Gasteiger partial charge in [0.1, 0.15) is 17.0 Å². The summed E-state index contributed by atoms with van der Waals surface area (Å²) < 4.78 is 11.2. The van der Waals surface area contributed by atoms with E-state index in [-0.39, 0.29) is 0 Å². The van der Waals surface area contributed by atoms with Gasteiger partial charge in [-0.2, -0.15) is 0 Å². The topological polar surface area (TPSA) is 69.6 Å². The average Bonchev–Trinajstić information content (AvgIpc) is 4.01. The van der Waals surface area contributed by atoms with Crippen molar-refractivity contribution in [3.63, 3.8) is 0 Å². The van der Waals surface area contributed by atoms with Gasteiger partial charge < -0.3 is 4.42 Å². The summed E-state index contributed by atoms with van der Waals surface area (Å²) in [4.78, 5) is 20.4. The Morgan fingerprint density at radius 1 is 0.424 bits per heavy atom. The van der Waals surface area contributed by atoms with Crippen molar-refractivity contribution in [3.05, 3.63) is 188 Å². The lowest BCUT2D eigenvalue weighted by Gasteiger charge is -2.10. The molecule has 0 fully saturated rings. The van der Waals surface area contributed by atoms with Crippen molar-refractivity contribution >= 4 is 64.5 Å². The molecule has 0 atom stereocenters. The van der Waals surface area contributed by atoms with Crippen molar-refractivity contribution in [2.24, 2.45) is 0 Å². The summed E-state index contributed by atoms with van der Waals surface area (Å²) in [7, 11) is 0. The Morgan fingerprint density at radius 2 is 1.08 bits per heavy atom. The number of para-hydroxylation sites is 5. The molecule has 0 radical (unpaired) electrons. The number of nitrogens with zero attached hydrogens (tertiary/aromatic N) is 5. The molecule has 7 heteroatoms. The zero-order valence-electron chi connectivity index (χ0n) is 31.5. The number of aromatic nitrogens is 5. The molecule has 0 aliphatic carbocycles. The number of hydrogen-bond donors (Lipinski definition) is 0. The molecular formula is C52H31N5OS. The van der Waals surface area contributed by atoms with Gasteiger partial charge in [-0.3, -0.25) is 4.57 Å². The Balaban J connectivity index is 0.990.